The first-order chi connectivity index (χ1) is 8.04. The maximum Gasteiger partial charge on any atom is 0.306 e. The number of nitrogens with zero attached hydrogens (tertiary/aromatic N) is 1. The molecule has 1 unspecified atom stereocenters. The fourth-order valence-corrected chi connectivity index (χ4v) is 2.64. The minimum Gasteiger partial charge on any atom is -0.481 e. The van der Waals surface area contributed by atoms with Crippen molar-refractivity contribution < 1.29 is 14.7 Å². The largest absolute Gasteiger partial charge is 0.481 e. The topological polar surface area (TPSA) is 57.6 Å². The number of amides is 1. The first-order valence-electron chi connectivity index (χ1n) is 6.16. The van der Waals surface area contributed by atoms with Crippen LogP contribution in [0.4, 0.5) is 0 Å². The van der Waals surface area contributed by atoms with E-state index < -0.39 is 5.97 Å². The monoisotopic (exact) mass is 259 g/mol. The lowest BCUT2D eigenvalue weighted by Gasteiger charge is -2.30. The van der Waals surface area contributed by atoms with Crippen LogP contribution in [-0.4, -0.2) is 46.0 Å². The van der Waals surface area contributed by atoms with Gasteiger partial charge in [-0.15, -0.1) is 11.8 Å². The number of hydrogen-bond donors (Lipinski definition) is 1. The molecule has 0 aliphatic carbocycles. The third-order valence-electron chi connectivity index (χ3n) is 3.26. The van der Waals surface area contributed by atoms with Gasteiger partial charge in [0.25, 0.3) is 0 Å². The summed E-state index contributed by atoms with van der Waals surface area (Å²) >= 11 is 1.68. The van der Waals surface area contributed by atoms with Gasteiger partial charge in [0.05, 0.1) is 11.7 Å². The van der Waals surface area contributed by atoms with Gasteiger partial charge in [0.15, 0.2) is 0 Å². The Morgan fingerprint density at radius 1 is 1.41 bits per heavy atom. The molecular weight excluding hydrogens is 238 g/mol. The van der Waals surface area contributed by atoms with E-state index in [-0.39, 0.29) is 11.8 Å². The number of aliphatic carboxylic acids is 1. The Hall–Kier alpha value is -0.710. The van der Waals surface area contributed by atoms with Crippen molar-refractivity contribution in [2.24, 2.45) is 5.92 Å². The van der Waals surface area contributed by atoms with Gasteiger partial charge in [0.1, 0.15) is 0 Å². The molecule has 0 aromatic rings. The van der Waals surface area contributed by atoms with E-state index in [1.807, 2.05) is 0 Å². The lowest BCUT2D eigenvalue weighted by molar-refractivity contribution is -0.145. The van der Waals surface area contributed by atoms with E-state index in [0.29, 0.717) is 36.9 Å². The minimum atomic E-state index is -0.730. The van der Waals surface area contributed by atoms with Crippen LogP contribution in [0, 0.1) is 5.92 Å². The minimum absolute atomic E-state index is 0.152. The smallest absolute Gasteiger partial charge is 0.306 e. The Kier molecular flexibility index (Phi) is 5.82. The van der Waals surface area contributed by atoms with Crippen LogP contribution in [0.2, 0.25) is 0 Å². The van der Waals surface area contributed by atoms with E-state index >= 15 is 0 Å². The highest BCUT2D eigenvalue weighted by Gasteiger charge is 2.26. The van der Waals surface area contributed by atoms with Crippen molar-refractivity contribution in [2.75, 3.05) is 18.8 Å². The van der Waals surface area contributed by atoms with Crippen LogP contribution in [-0.2, 0) is 9.59 Å². The first kappa shape index (κ1) is 14.4. The molecule has 1 rings (SSSR count). The zero-order valence-electron chi connectivity index (χ0n) is 10.5. The van der Waals surface area contributed by atoms with Gasteiger partial charge < -0.3 is 10.0 Å². The third kappa shape index (κ3) is 4.58. The lowest BCUT2D eigenvalue weighted by atomic mass is 9.97. The molecule has 0 aromatic heterocycles. The number of hydrogen-bond acceptors (Lipinski definition) is 3. The first-order valence-corrected chi connectivity index (χ1v) is 7.21. The molecule has 1 aliphatic heterocycles. The standard InChI is InChI=1S/C12H21NO3S/c1-3-9(2)17-8-11(14)13-6-4-10(5-7-13)12(15)16/h9-10H,3-8H2,1-2H3,(H,15,16). The van der Waals surface area contributed by atoms with E-state index in [4.69, 9.17) is 5.11 Å². The van der Waals surface area contributed by atoms with Crippen molar-refractivity contribution in [1.82, 2.24) is 4.90 Å². The van der Waals surface area contributed by atoms with Crippen LogP contribution in [0.1, 0.15) is 33.1 Å². The molecule has 17 heavy (non-hydrogen) atoms. The van der Waals surface area contributed by atoms with Crippen molar-refractivity contribution in [2.45, 2.75) is 38.4 Å². The van der Waals surface area contributed by atoms with Gasteiger partial charge in [0, 0.05) is 18.3 Å². The fourth-order valence-electron chi connectivity index (χ4n) is 1.80. The number of likely N-dealkylation sites (tertiary alicyclic amines) is 1. The number of carbonyl (C=O) groups is 2. The van der Waals surface area contributed by atoms with Crippen molar-refractivity contribution in [3.8, 4) is 0 Å². The Bertz CT molecular complexity index is 275. The predicted molar refractivity (Wildman–Crippen MR) is 69.2 cm³/mol. The SMILES string of the molecule is CCC(C)SCC(=O)N1CCC(C(=O)O)CC1. The zero-order valence-corrected chi connectivity index (χ0v) is 11.3. The number of carboxylic acid groups (broad SMARTS) is 1. The summed E-state index contributed by atoms with van der Waals surface area (Å²) in [5.41, 5.74) is 0. The van der Waals surface area contributed by atoms with Gasteiger partial charge in [-0.2, -0.15) is 0 Å². The molecule has 0 saturated carbocycles. The summed E-state index contributed by atoms with van der Waals surface area (Å²) in [7, 11) is 0. The van der Waals surface area contributed by atoms with Crippen molar-refractivity contribution in [3.63, 3.8) is 0 Å². The van der Waals surface area contributed by atoms with Crippen LogP contribution < -0.4 is 0 Å². The summed E-state index contributed by atoms with van der Waals surface area (Å²) in [6.07, 6.45) is 2.25. The van der Waals surface area contributed by atoms with Crippen LogP contribution in [0.15, 0.2) is 0 Å². The summed E-state index contributed by atoms with van der Waals surface area (Å²) in [6, 6.07) is 0. The molecule has 0 bridgehead atoms. The van der Waals surface area contributed by atoms with E-state index in [2.05, 4.69) is 13.8 Å². The van der Waals surface area contributed by atoms with Crippen molar-refractivity contribution in [1.29, 1.82) is 0 Å². The summed E-state index contributed by atoms with van der Waals surface area (Å²) in [6.45, 7) is 5.42. The number of carbonyl (C=O) groups excluding carboxylic acids is 1. The van der Waals surface area contributed by atoms with E-state index in [9.17, 15) is 9.59 Å². The quantitative estimate of drug-likeness (QED) is 0.818. The van der Waals surface area contributed by atoms with Gasteiger partial charge in [-0.25, -0.2) is 0 Å². The molecule has 1 amide bonds. The molecule has 1 fully saturated rings. The van der Waals surface area contributed by atoms with E-state index in [0.717, 1.165) is 6.42 Å². The average Bonchev–Trinajstić information content (AvgIpc) is 2.35. The summed E-state index contributed by atoms with van der Waals surface area (Å²) < 4.78 is 0. The maximum absolute atomic E-state index is 11.9. The summed E-state index contributed by atoms with van der Waals surface area (Å²) in [5, 5.41) is 9.37. The number of rotatable bonds is 5. The highest BCUT2D eigenvalue weighted by molar-refractivity contribution is 8.00. The number of thioether (sulfide) groups is 1. The molecule has 98 valence electrons. The summed E-state index contributed by atoms with van der Waals surface area (Å²) in [4.78, 5) is 24.4. The van der Waals surface area contributed by atoms with Crippen molar-refractivity contribution >= 4 is 23.6 Å². The Morgan fingerprint density at radius 3 is 2.47 bits per heavy atom. The van der Waals surface area contributed by atoms with E-state index in [1.165, 1.54) is 0 Å². The van der Waals surface area contributed by atoms with Gasteiger partial charge >= 0.3 is 5.97 Å². The second kappa shape index (κ2) is 6.89. The molecule has 1 atom stereocenters. The number of piperidine rings is 1. The highest BCUT2D eigenvalue weighted by atomic mass is 32.2. The Balaban J connectivity index is 2.28. The van der Waals surface area contributed by atoms with Crippen LogP contribution in [0.5, 0.6) is 0 Å². The van der Waals surface area contributed by atoms with E-state index in [1.54, 1.807) is 16.7 Å². The number of carboxylic acids is 1. The molecule has 5 heteroatoms. The summed E-state index contributed by atoms with van der Waals surface area (Å²) in [5.74, 6) is -0.321. The predicted octanol–water partition coefficient (Wildman–Crippen LogP) is 1.84. The maximum atomic E-state index is 11.9. The molecule has 1 heterocycles. The lowest BCUT2D eigenvalue weighted by Crippen LogP contribution is -2.41. The van der Waals surface area contributed by atoms with Gasteiger partial charge in [-0.05, 0) is 19.3 Å². The zero-order chi connectivity index (χ0) is 12.8. The average molecular weight is 259 g/mol. The van der Waals surface area contributed by atoms with Gasteiger partial charge in [0.2, 0.25) is 5.91 Å². The van der Waals surface area contributed by atoms with Gasteiger partial charge in [-0.3, -0.25) is 9.59 Å². The third-order valence-corrected chi connectivity index (χ3v) is 4.58. The van der Waals surface area contributed by atoms with Gasteiger partial charge in [-0.1, -0.05) is 13.8 Å². The molecule has 1 N–H and O–H groups in total. The Morgan fingerprint density at radius 2 is 2.00 bits per heavy atom. The normalized spacial score (nSPS) is 19.1. The van der Waals surface area contributed by atoms with Crippen LogP contribution >= 0.6 is 11.8 Å². The van der Waals surface area contributed by atoms with Crippen molar-refractivity contribution in [3.05, 3.63) is 0 Å². The second-order valence-corrected chi connectivity index (χ2v) is 5.95. The fraction of sp³-hybridized carbons (Fsp3) is 0.833. The van der Waals surface area contributed by atoms with Crippen LogP contribution in [0.3, 0.4) is 0 Å². The second-order valence-electron chi connectivity index (χ2n) is 4.52. The molecule has 0 radical (unpaired) electrons. The molecule has 1 aliphatic rings. The van der Waals surface area contributed by atoms with Crippen LogP contribution in [0.25, 0.3) is 0 Å². The molecule has 0 spiro atoms. The Labute approximate surface area is 107 Å². The molecule has 4 nitrogen and oxygen atoms in total. The molecule has 1 saturated heterocycles. The molecular formula is C12H21NO3S. The molecule has 0 aromatic carbocycles. The highest BCUT2D eigenvalue weighted by Crippen LogP contribution is 2.19.